The topological polar surface area (TPSA) is 0 Å². The van der Waals surface area contributed by atoms with Crippen molar-refractivity contribution >= 4 is 41.8 Å². The van der Waals surface area contributed by atoms with Gasteiger partial charge in [0.1, 0.15) is 0 Å². The summed E-state index contributed by atoms with van der Waals surface area (Å²) in [5, 5.41) is 4.19. The molecule has 0 heterocycles. The van der Waals surface area contributed by atoms with E-state index >= 15 is 0 Å². The summed E-state index contributed by atoms with van der Waals surface area (Å²) in [6.07, 6.45) is 0. The van der Waals surface area contributed by atoms with Crippen LogP contribution in [0.5, 0.6) is 0 Å². The molecule has 0 nitrogen and oxygen atoms in total. The second-order valence-electron chi connectivity index (χ2n) is 4.34. The van der Waals surface area contributed by atoms with Gasteiger partial charge in [-0.3, -0.25) is 0 Å². The molecule has 0 saturated heterocycles. The van der Waals surface area contributed by atoms with E-state index in [0.29, 0.717) is 0 Å². The van der Waals surface area contributed by atoms with E-state index < -0.39 is 7.92 Å². The Balaban J connectivity index is 0.00000147. The van der Waals surface area contributed by atoms with Crippen LogP contribution in [0.4, 0.5) is 0 Å². The number of rotatable bonds is 3. The van der Waals surface area contributed by atoms with Gasteiger partial charge >= 0.3 is 0 Å². The first-order valence-electron chi connectivity index (χ1n) is 6.40. The van der Waals surface area contributed by atoms with Gasteiger partial charge in [-0.15, -0.1) is 0 Å². The van der Waals surface area contributed by atoms with Crippen molar-refractivity contribution in [1.82, 2.24) is 0 Å². The van der Waals surface area contributed by atoms with Crippen LogP contribution in [0.1, 0.15) is 0 Å². The van der Waals surface area contributed by atoms with E-state index in [1.807, 2.05) is 0 Å². The third-order valence-corrected chi connectivity index (χ3v) is 5.49. The number of hydrogen-bond donors (Lipinski definition) is 0. The number of benzene rings is 3. The molecule has 3 rings (SSSR count). The SMILES string of the molecule is [As].c1ccc(P(c2ccccc2)c2ccccc2)cc1. The Morgan fingerprint density at radius 1 is 0.400 bits per heavy atom. The molecule has 3 aromatic rings. The summed E-state index contributed by atoms with van der Waals surface area (Å²) >= 11 is 0. The molecular formula is C18H15AsP. The van der Waals surface area contributed by atoms with Crippen molar-refractivity contribution in [3.05, 3.63) is 91.0 Å². The first-order valence-corrected chi connectivity index (χ1v) is 7.74. The summed E-state index contributed by atoms with van der Waals surface area (Å²) in [7, 11) is -0.446. The molecule has 0 aliphatic rings. The molecule has 97 valence electrons. The molecule has 2 heteroatoms. The summed E-state index contributed by atoms with van der Waals surface area (Å²) in [4.78, 5) is 0. The Morgan fingerprint density at radius 2 is 0.650 bits per heavy atom. The minimum Gasteiger partial charge on any atom is -0.0622 e. The van der Waals surface area contributed by atoms with E-state index in [0.717, 1.165) is 0 Å². The zero-order chi connectivity index (χ0) is 12.9. The van der Waals surface area contributed by atoms with E-state index in [-0.39, 0.29) is 18.0 Å². The predicted octanol–water partition coefficient (Wildman–Crippen LogP) is 3.06. The molecule has 0 aliphatic heterocycles. The Morgan fingerprint density at radius 3 is 0.900 bits per heavy atom. The van der Waals surface area contributed by atoms with E-state index in [1.165, 1.54) is 15.9 Å². The Kier molecular flexibility index (Phi) is 5.59. The third kappa shape index (κ3) is 3.40. The van der Waals surface area contributed by atoms with Crippen LogP contribution >= 0.6 is 7.92 Å². The molecular weight excluding hydrogens is 322 g/mol. The fraction of sp³-hybridized carbons (Fsp3) is 0. The van der Waals surface area contributed by atoms with Gasteiger partial charge in [0, 0.05) is 18.0 Å². The second kappa shape index (κ2) is 7.44. The van der Waals surface area contributed by atoms with Crippen molar-refractivity contribution in [1.29, 1.82) is 0 Å². The first-order chi connectivity index (χ1) is 9.45. The average Bonchev–Trinajstić information content (AvgIpc) is 2.51. The molecule has 0 aliphatic carbocycles. The zero-order valence-electron chi connectivity index (χ0n) is 11.1. The monoisotopic (exact) mass is 337 g/mol. The molecule has 20 heavy (non-hydrogen) atoms. The molecule has 0 atom stereocenters. The molecule has 3 radical (unpaired) electrons. The molecule has 0 fully saturated rings. The van der Waals surface area contributed by atoms with Gasteiger partial charge in [0.15, 0.2) is 0 Å². The predicted molar refractivity (Wildman–Crippen MR) is 90.9 cm³/mol. The van der Waals surface area contributed by atoms with Gasteiger partial charge in [0.2, 0.25) is 0 Å². The van der Waals surface area contributed by atoms with Crippen LogP contribution in [-0.4, -0.2) is 18.0 Å². The zero-order valence-corrected chi connectivity index (χ0v) is 13.8. The Labute approximate surface area is 132 Å². The fourth-order valence-corrected chi connectivity index (χ4v) is 4.48. The van der Waals surface area contributed by atoms with E-state index in [1.54, 1.807) is 0 Å². The van der Waals surface area contributed by atoms with Crippen LogP contribution in [0, 0.1) is 0 Å². The van der Waals surface area contributed by atoms with E-state index in [2.05, 4.69) is 91.0 Å². The summed E-state index contributed by atoms with van der Waals surface area (Å²) in [5.74, 6) is 0. The van der Waals surface area contributed by atoms with Crippen LogP contribution in [0.2, 0.25) is 0 Å². The van der Waals surface area contributed by atoms with E-state index in [4.69, 9.17) is 0 Å². The minimum atomic E-state index is -0.446. The van der Waals surface area contributed by atoms with E-state index in [9.17, 15) is 0 Å². The smallest absolute Gasteiger partial charge is 0 e. The van der Waals surface area contributed by atoms with Crippen molar-refractivity contribution in [2.24, 2.45) is 0 Å². The molecule has 0 spiro atoms. The first kappa shape index (κ1) is 15.0. The van der Waals surface area contributed by atoms with Gasteiger partial charge in [-0.2, -0.15) is 0 Å². The summed E-state index contributed by atoms with van der Waals surface area (Å²) in [6.45, 7) is 0. The molecule has 0 amide bonds. The fourth-order valence-electron chi connectivity index (χ4n) is 2.18. The van der Waals surface area contributed by atoms with Crippen LogP contribution in [-0.2, 0) is 0 Å². The Hall–Kier alpha value is -1.35. The van der Waals surface area contributed by atoms with Crippen LogP contribution < -0.4 is 15.9 Å². The van der Waals surface area contributed by atoms with Crippen LogP contribution in [0.3, 0.4) is 0 Å². The van der Waals surface area contributed by atoms with Crippen LogP contribution in [0.15, 0.2) is 91.0 Å². The molecule has 0 aromatic heterocycles. The molecule has 0 saturated carbocycles. The van der Waals surface area contributed by atoms with Crippen molar-refractivity contribution in [2.45, 2.75) is 0 Å². The Bertz CT molecular complexity index is 529. The molecule has 3 aromatic carbocycles. The number of hydrogen-bond acceptors (Lipinski definition) is 0. The van der Waals surface area contributed by atoms with Gasteiger partial charge in [-0.05, 0) is 23.8 Å². The molecule has 0 N–H and O–H groups in total. The van der Waals surface area contributed by atoms with Crippen LogP contribution in [0.25, 0.3) is 0 Å². The molecule has 0 unspecified atom stereocenters. The quantitative estimate of drug-likeness (QED) is 0.509. The van der Waals surface area contributed by atoms with Crippen molar-refractivity contribution < 1.29 is 0 Å². The molecule has 0 bridgehead atoms. The maximum absolute atomic E-state index is 2.23. The standard InChI is InChI=1S/C18H15P.As/c1-4-10-16(11-5-1)19(17-12-6-2-7-13-17)18-14-8-3-9-15-18;/h1-15H;. The van der Waals surface area contributed by atoms with Gasteiger partial charge in [0.25, 0.3) is 0 Å². The maximum atomic E-state index is 2.23. The normalized spacial score (nSPS) is 10.1. The van der Waals surface area contributed by atoms with Crippen molar-refractivity contribution in [3.63, 3.8) is 0 Å². The second-order valence-corrected chi connectivity index (χ2v) is 6.56. The third-order valence-electron chi connectivity index (χ3n) is 3.04. The maximum Gasteiger partial charge on any atom is 0 e. The largest absolute Gasteiger partial charge is 0.0622 e. The van der Waals surface area contributed by atoms with Gasteiger partial charge in [0.05, 0.1) is 0 Å². The summed E-state index contributed by atoms with van der Waals surface area (Å²) < 4.78 is 0. The van der Waals surface area contributed by atoms with Crippen molar-refractivity contribution in [3.8, 4) is 0 Å². The van der Waals surface area contributed by atoms with Gasteiger partial charge in [-0.1, -0.05) is 91.0 Å². The summed E-state index contributed by atoms with van der Waals surface area (Å²) in [5.41, 5.74) is 0. The van der Waals surface area contributed by atoms with Gasteiger partial charge in [-0.25, -0.2) is 0 Å². The van der Waals surface area contributed by atoms with Gasteiger partial charge < -0.3 is 0 Å². The minimum absolute atomic E-state index is 0. The average molecular weight is 337 g/mol. The van der Waals surface area contributed by atoms with Crippen molar-refractivity contribution in [2.75, 3.05) is 0 Å². The summed E-state index contributed by atoms with van der Waals surface area (Å²) in [6, 6.07) is 32.3.